The van der Waals surface area contributed by atoms with E-state index in [1.54, 1.807) is 24.3 Å². The van der Waals surface area contributed by atoms with Gasteiger partial charge < -0.3 is 5.73 Å². The lowest BCUT2D eigenvalue weighted by atomic mass is 10.2. The average molecular weight is 276 g/mol. The number of nitrogens with zero attached hydrogens (tertiary/aromatic N) is 1. The summed E-state index contributed by atoms with van der Waals surface area (Å²) in [5.41, 5.74) is 6.02. The number of halogens is 1. The Hall–Kier alpha value is -1.11. The van der Waals surface area contributed by atoms with Crippen LogP contribution in [0.2, 0.25) is 5.02 Å². The van der Waals surface area contributed by atoms with Gasteiger partial charge in [-0.25, -0.2) is 8.42 Å². The molecule has 0 atom stereocenters. The minimum Gasteiger partial charge on any atom is -0.387 e. The fraction of sp³-hybridized carbons (Fsp3) is 0.300. The minimum atomic E-state index is -3.39. The van der Waals surface area contributed by atoms with Gasteiger partial charge in [0.05, 0.1) is 12.8 Å². The number of nitrogens with one attached hydrogen (secondary N) is 1. The fourth-order valence-corrected chi connectivity index (χ4v) is 2.16. The number of nitrogens with two attached hydrogens (primary N) is 1. The fourth-order valence-electron chi connectivity index (χ4n) is 1.27. The molecule has 0 aliphatic heterocycles. The maximum absolute atomic E-state index is 11.5. The molecule has 0 amide bonds. The molecule has 0 unspecified atom stereocenters. The van der Waals surface area contributed by atoms with Gasteiger partial charge in [0.1, 0.15) is 5.84 Å². The Kier molecular flexibility index (Phi) is 4.50. The van der Waals surface area contributed by atoms with Gasteiger partial charge in [0.2, 0.25) is 10.0 Å². The Balaban J connectivity index is 2.87. The van der Waals surface area contributed by atoms with Crippen molar-refractivity contribution in [1.82, 2.24) is 4.31 Å². The Bertz CT molecular complexity index is 499. The molecular weight excluding hydrogens is 262 g/mol. The van der Waals surface area contributed by atoms with Crippen LogP contribution in [0.15, 0.2) is 24.3 Å². The highest BCUT2D eigenvalue weighted by atomic mass is 35.5. The van der Waals surface area contributed by atoms with E-state index in [-0.39, 0.29) is 18.9 Å². The smallest absolute Gasteiger partial charge is 0.211 e. The summed E-state index contributed by atoms with van der Waals surface area (Å²) in [5, 5.41) is 7.74. The van der Waals surface area contributed by atoms with Gasteiger partial charge in [-0.05, 0) is 17.7 Å². The van der Waals surface area contributed by atoms with Gasteiger partial charge in [0.25, 0.3) is 0 Å². The normalized spacial score (nSPS) is 11.7. The van der Waals surface area contributed by atoms with Crippen molar-refractivity contribution in [2.45, 2.75) is 6.54 Å². The Morgan fingerprint density at radius 2 is 1.94 bits per heavy atom. The van der Waals surface area contributed by atoms with Crippen molar-refractivity contribution in [3.05, 3.63) is 34.9 Å². The van der Waals surface area contributed by atoms with Crippen LogP contribution in [0.25, 0.3) is 0 Å². The first-order valence-corrected chi connectivity index (χ1v) is 7.04. The molecule has 0 radical (unpaired) electrons. The SMILES string of the molecule is CS(=O)(=O)N(CC(=N)N)Cc1ccc(Cl)cc1. The van der Waals surface area contributed by atoms with Crippen molar-refractivity contribution in [1.29, 1.82) is 5.41 Å². The van der Waals surface area contributed by atoms with Gasteiger partial charge in [-0.3, -0.25) is 5.41 Å². The van der Waals surface area contributed by atoms with Crippen molar-refractivity contribution in [2.75, 3.05) is 12.8 Å². The van der Waals surface area contributed by atoms with Crippen LogP contribution in [0.3, 0.4) is 0 Å². The Morgan fingerprint density at radius 1 is 1.41 bits per heavy atom. The number of rotatable bonds is 5. The van der Waals surface area contributed by atoms with Gasteiger partial charge in [-0.2, -0.15) is 4.31 Å². The predicted molar refractivity (Wildman–Crippen MR) is 68.6 cm³/mol. The van der Waals surface area contributed by atoms with E-state index in [0.29, 0.717) is 5.02 Å². The van der Waals surface area contributed by atoms with Gasteiger partial charge in [-0.1, -0.05) is 23.7 Å². The van der Waals surface area contributed by atoms with E-state index in [1.165, 1.54) is 0 Å². The molecule has 1 aromatic rings. The average Bonchev–Trinajstić information content (AvgIpc) is 2.18. The van der Waals surface area contributed by atoms with Crippen molar-refractivity contribution in [3.63, 3.8) is 0 Å². The summed E-state index contributed by atoms with van der Waals surface area (Å²) in [6.07, 6.45) is 1.09. The number of amidine groups is 1. The zero-order valence-corrected chi connectivity index (χ0v) is 10.9. The molecule has 0 fully saturated rings. The first-order chi connectivity index (χ1) is 7.79. The highest BCUT2D eigenvalue weighted by molar-refractivity contribution is 7.88. The zero-order valence-electron chi connectivity index (χ0n) is 9.35. The summed E-state index contributed by atoms with van der Waals surface area (Å²) in [5.74, 6) is -0.190. The van der Waals surface area contributed by atoms with Gasteiger partial charge in [-0.15, -0.1) is 0 Å². The molecule has 5 nitrogen and oxygen atoms in total. The Morgan fingerprint density at radius 3 is 2.35 bits per heavy atom. The Labute approximate surface area is 106 Å². The lowest BCUT2D eigenvalue weighted by Crippen LogP contribution is -2.36. The largest absolute Gasteiger partial charge is 0.387 e. The standard InChI is InChI=1S/C10H14ClN3O2S/c1-17(15,16)14(7-10(12)13)6-8-2-4-9(11)5-3-8/h2-5H,6-7H2,1H3,(H3,12,13). The maximum atomic E-state index is 11.5. The second-order valence-corrected chi connectivity index (χ2v) is 6.10. The van der Waals surface area contributed by atoms with Crippen molar-refractivity contribution < 1.29 is 8.42 Å². The highest BCUT2D eigenvalue weighted by Crippen LogP contribution is 2.12. The second kappa shape index (κ2) is 5.48. The van der Waals surface area contributed by atoms with Crippen LogP contribution in [0.1, 0.15) is 5.56 Å². The zero-order chi connectivity index (χ0) is 13.1. The van der Waals surface area contributed by atoms with E-state index < -0.39 is 10.0 Å². The molecule has 0 aromatic heterocycles. The summed E-state index contributed by atoms with van der Waals surface area (Å²) >= 11 is 5.74. The molecule has 0 saturated carbocycles. The molecule has 0 bridgehead atoms. The molecule has 7 heteroatoms. The molecule has 0 aliphatic carbocycles. The summed E-state index contributed by atoms with van der Waals surface area (Å²) in [7, 11) is -3.39. The minimum absolute atomic E-state index is 0.110. The lowest BCUT2D eigenvalue weighted by molar-refractivity contribution is 0.450. The second-order valence-electron chi connectivity index (χ2n) is 3.68. The molecule has 94 valence electrons. The predicted octanol–water partition coefficient (Wildman–Crippen LogP) is 1.04. The molecule has 0 saturated heterocycles. The van der Waals surface area contributed by atoms with E-state index in [0.717, 1.165) is 16.1 Å². The molecule has 17 heavy (non-hydrogen) atoms. The van der Waals surface area contributed by atoms with Crippen molar-refractivity contribution in [2.24, 2.45) is 5.73 Å². The van der Waals surface area contributed by atoms with Crippen LogP contribution in [-0.4, -0.2) is 31.4 Å². The summed E-state index contributed by atoms with van der Waals surface area (Å²) in [6, 6.07) is 6.84. The van der Waals surface area contributed by atoms with Crippen molar-refractivity contribution >= 4 is 27.5 Å². The molecule has 0 spiro atoms. The van der Waals surface area contributed by atoms with Crippen LogP contribution < -0.4 is 5.73 Å². The van der Waals surface area contributed by atoms with Gasteiger partial charge in [0.15, 0.2) is 0 Å². The van der Waals surface area contributed by atoms with E-state index >= 15 is 0 Å². The molecule has 1 rings (SSSR count). The van der Waals surface area contributed by atoms with E-state index in [4.69, 9.17) is 22.7 Å². The van der Waals surface area contributed by atoms with Crippen LogP contribution in [-0.2, 0) is 16.6 Å². The topological polar surface area (TPSA) is 87.2 Å². The lowest BCUT2D eigenvalue weighted by Gasteiger charge is -2.19. The first kappa shape index (κ1) is 14.0. The van der Waals surface area contributed by atoms with Crippen LogP contribution in [0, 0.1) is 5.41 Å². The molecule has 0 aliphatic rings. The van der Waals surface area contributed by atoms with Crippen molar-refractivity contribution in [3.8, 4) is 0 Å². The van der Waals surface area contributed by atoms with E-state index in [2.05, 4.69) is 0 Å². The summed E-state index contributed by atoms with van der Waals surface area (Å²) in [6.45, 7) is 0.0665. The van der Waals surface area contributed by atoms with E-state index in [1.807, 2.05) is 0 Å². The summed E-state index contributed by atoms with van der Waals surface area (Å²) in [4.78, 5) is 0. The maximum Gasteiger partial charge on any atom is 0.211 e. The monoisotopic (exact) mass is 275 g/mol. The quantitative estimate of drug-likeness (QED) is 0.622. The third kappa shape index (κ3) is 4.72. The highest BCUT2D eigenvalue weighted by Gasteiger charge is 2.17. The third-order valence-corrected chi connectivity index (χ3v) is 3.54. The number of benzene rings is 1. The number of hydrogen-bond donors (Lipinski definition) is 2. The van der Waals surface area contributed by atoms with Crippen LogP contribution in [0.4, 0.5) is 0 Å². The number of sulfonamides is 1. The third-order valence-electron chi connectivity index (χ3n) is 2.09. The first-order valence-electron chi connectivity index (χ1n) is 4.81. The van der Waals surface area contributed by atoms with E-state index in [9.17, 15) is 8.42 Å². The van der Waals surface area contributed by atoms with Crippen LogP contribution >= 0.6 is 11.6 Å². The number of hydrogen-bond acceptors (Lipinski definition) is 3. The van der Waals surface area contributed by atoms with Crippen LogP contribution in [0.5, 0.6) is 0 Å². The molecule has 1 aromatic carbocycles. The molecular formula is C10H14ClN3O2S. The van der Waals surface area contributed by atoms with Gasteiger partial charge >= 0.3 is 0 Å². The molecule has 0 heterocycles. The summed E-state index contributed by atoms with van der Waals surface area (Å²) < 4.78 is 24.1. The molecule has 3 N–H and O–H groups in total. The van der Waals surface area contributed by atoms with Gasteiger partial charge in [0, 0.05) is 11.6 Å².